The molecule has 3 nitrogen and oxygen atoms in total. The Morgan fingerprint density at radius 2 is 2.33 bits per heavy atom. The molecule has 1 unspecified atom stereocenters. The van der Waals surface area contributed by atoms with E-state index in [4.69, 9.17) is 16.6 Å². The van der Waals surface area contributed by atoms with Gasteiger partial charge >= 0.3 is 0 Å². The number of nitrogens with zero attached hydrogens (tertiary/aromatic N) is 1. The quantitative estimate of drug-likeness (QED) is 0.845. The summed E-state index contributed by atoms with van der Waals surface area (Å²) in [5.41, 5.74) is 2.66. The Labute approximate surface area is 111 Å². The van der Waals surface area contributed by atoms with Gasteiger partial charge in [-0.15, -0.1) is 0 Å². The van der Waals surface area contributed by atoms with Crippen LogP contribution in [0.25, 0.3) is 5.57 Å². The Hall–Kier alpha value is -1.86. The van der Waals surface area contributed by atoms with Crippen molar-refractivity contribution in [2.45, 2.75) is 18.9 Å². The zero-order chi connectivity index (χ0) is 12.5. The summed E-state index contributed by atoms with van der Waals surface area (Å²) in [5, 5.41) is 14.3. The number of rotatable bonds is 3. The van der Waals surface area contributed by atoms with Gasteiger partial charge in [0.2, 0.25) is 0 Å². The average Bonchev–Trinajstić information content (AvgIpc) is 3.12. The van der Waals surface area contributed by atoms with Gasteiger partial charge in [0.05, 0.1) is 23.9 Å². The van der Waals surface area contributed by atoms with Crippen molar-refractivity contribution in [2.75, 3.05) is 0 Å². The monoisotopic (exact) mass is 256 g/mol. The molecular formula is C14H12N2OS. The first kappa shape index (κ1) is 11.2. The van der Waals surface area contributed by atoms with Crippen LogP contribution in [0.3, 0.4) is 0 Å². The highest BCUT2D eigenvalue weighted by Crippen LogP contribution is 2.39. The molecule has 0 saturated heterocycles. The van der Waals surface area contributed by atoms with Crippen molar-refractivity contribution in [3.05, 3.63) is 41.5 Å². The van der Waals surface area contributed by atoms with Crippen molar-refractivity contribution < 1.29 is 4.42 Å². The zero-order valence-corrected chi connectivity index (χ0v) is 10.5. The van der Waals surface area contributed by atoms with Crippen LogP contribution in [-0.4, -0.2) is 11.4 Å². The van der Waals surface area contributed by atoms with Crippen molar-refractivity contribution in [3.63, 3.8) is 0 Å². The molecule has 2 heterocycles. The van der Waals surface area contributed by atoms with Gasteiger partial charge in [-0.3, -0.25) is 0 Å². The number of hydrogen-bond acceptors (Lipinski definition) is 4. The lowest BCUT2D eigenvalue weighted by Gasteiger charge is -2.24. The minimum Gasteiger partial charge on any atom is -0.464 e. The molecule has 18 heavy (non-hydrogen) atoms. The number of nitrogens with one attached hydrogen (secondary N) is 1. The number of furan rings is 1. The van der Waals surface area contributed by atoms with Gasteiger partial charge in [0.1, 0.15) is 5.76 Å². The smallest absolute Gasteiger partial charge is 0.135 e. The first-order valence-electron chi connectivity index (χ1n) is 5.95. The first-order valence-corrected chi connectivity index (χ1v) is 6.42. The molecule has 4 heteroatoms. The maximum Gasteiger partial charge on any atom is 0.135 e. The van der Waals surface area contributed by atoms with Gasteiger partial charge in [-0.25, -0.2) is 0 Å². The van der Waals surface area contributed by atoms with Gasteiger partial charge in [0.25, 0.3) is 0 Å². The van der Waals surface area contributed by atoms with Crippen LogP contribution in [0.2, 0.25) is 0 Å². The summed E-state index contributed by atoms with van der Waals surface area (Å²) in [6, 6.07) is 5.75. The summed E-state index contributed by atoms with van der Waals surface area (Å²) in [6.45, 7) is 0. The van der Waals surface area contributed by atoms with Crippen LogP contribution in [0.4, 0.5) is 0 Å². The molecule has 1 aromatic rings. The third-order valence-electron chi connectivity index (χ3n) is 3.28. The lowest BCUT2D eigenvalue weighted by Crippen LogP contribution is -2.34. The molecule has 1 aromatic heterocycles. The highest BCUT2D eigenvalue weighted by atomic mass is 32.1. The van der Waals surface area contributed by atoms with Crippen LogP contribution >= 0.6 is 12.2 Å². The van der Waals surface area contributed by atoms with Gasteiger partial charge in [-0.2, -0.15) is 5.26 Å². The maximum atomic E-state index is 9.32. The number of thiocarbonyl (C=S) groups is 1. The summed E-state index contributed by atoms with van der Waals surface area (Å²) in [5.74, 6) is 1.32. The van der Waals surface area contributed by atoms with Crippen molar-refractivity contribution >= 4 is 23.2 Å². The minimum absolute atomic E-state index is 0.189. The third kappa shape index (κ3) is 1.87. The minimum atomic E-state index is -0.189. The second kappa shape index (κ2) is 4.43. The Kier molecular flexibility index (Phi) is 2.77. The average molecular weight is 256 g/mol. The first-order chi connectivity index (χ1) is 8.83. The molecule has 2 aliphatic rings. The molecule has 1 fully saturated rings. The molecule has 0 bridgehead atoms. The molecule has 1 aliphatic heterocycles. The van der Waals surface area contributed by atoms with Crippen LogP contribution < -0.4 is 5.32 Å². The van der Waals surface area contributed by atoms with Crippen molar-refractivity contribution in [2.24, 2.45) is 5.92 Å². The second-order valence-electron chi connectivity index (χ2n) is 4.55. The van der Waals surface area contributed by atoms with Crippen molar-refractivity contribution in [3.8, 4) is 6.07 Å². The van der Waals surface area contributed by atoms with Gasteiger partial charge < -0.3 is 9.73 Å². The Morgan fingerprint density at radius 1 is 1.50 bits per heavy atom. The molecule has 90 valence electrons. The molecule has 1 atom stereocenters. The Morgan fingerprint density at radius 3 is 2.89 bits per heavy atom. The van der Waals surface area contributed by atoms with E-state index in [2.05, 4.69) is 11.4 Å². The van der Waals surface area contributed by atoms with E-state index in [9.17, 15) is 5.26 Å². The summed E-state index contributed by atoms with van der Waals surface area (Å²) in [7, 11) is 0. The highest BCUT2D eigenvalue weighted by Gasteiger charge is 2.32. The van der Waals surface area contributed by atoms with E-state index in [0.717, 1.165) is 11.3 Å². The Bertz CT molecular complexity index is 573. The predicted octanol–water partition coefficient (Wildman–Crippen LogP) is 2.82. The molecule has 1 saturated carbocycles. The van der Waals surface area contributed by atoms with Gasteiger partial charge in [-0.1, -0.05) is 12.2 Å². The van der Waals surface area contributed by atoms with E-state index >= 15 is 0 Å². The molecule has 1 N–H and O–H groups in total. The number of nitriles is 1. The van der Waals surface area contributed by atoms with Crippen LogP contribution in [0.15, 0.2) is 40.2 Å². The molecule has 0 aromatic carbocycles. The van der Waals surface area contributed by atoms with Crippen LogP contribution in [-0.2, 0) is 0 Å². The summed E-state index contributed by atoms with van der Waals surface area (Å²) >= 11 is 5.03. The van der Waals surface area contributed by atoms with Gasteiger partial charge in [0.15, 0.2) is 0 Å². The molecule has 0 amide bonds. The highest BCUT2D eigenvalue weighted by molar-refractivity contribution is 7.79. The van der Waals surface area contributed by atoms with E-state index in [1.54, 1.807) is 11.6 Å². The molecule has 1 aliphatic carbocycles. The van der Waals surface area contributed by atoms with E-state index in [1.165, 1.54) is 18.5 Å². The van der Waals surface area contributed by atoms with E-state index < -0.39 is 0 Å². The maximum absolute atomic E-state index is 9.32. The largest absolute Gasteiger partial charge is 0.464 e. The number of hydrogen-bond donors (Lipinski definition) is 1. The van der Waals surface area contributed by atoms with Crippen molar-refractivity contribution in [1.29, 1.82) is 5.26 Å². The molecule has 0 spiro atoms. The summed E-state index contributed by atoms with van der Waals surface area (Å²) in [6.07, 6.45) is 6.06. The number of dihydropyridines is 1. The van der Waals surface area contributed by atoms with Gasteiger partial charge in [0, 0.05) is 16.6 Å². The second-order valence-corrected chi connectivity index (χ2v) is 4.82. The summed E-state index contributed by atoms with van der Waals surface area (Å²) < 4.78 is 5.42. The lowest BCUT2D eigenvalue weighted by atomic mass is 9.95. The van der Waals surface area contributed by atoms with E-state index in [-0.39, 0.29) is 6.04 Å². The normalized spacial score (nSPS) is 23.1. The molecular weight excluding hydrogens is 244 g/mol. The predicted molar refractivity (Wildman–Crippen MR) is 72.6 cm³/mol. The fourth-order valence-corrected chi connectivity index (χ4v) is 2.40. The van der Waals surface area contributed by atoms with Crippen LogP contribution in [0, 0.1) is 17.2 Å². The van der Waals surface area contributed by atoms with Crippen LogP contribution in [0.1, 0.15) is 18.6 Å². The van der Waals surface area contributed by atoms with E-state index in [1.807, 2.05) is 18.2 Å². The fourth-order valence-electron chi connectivity index (χ4n) is 2.19. The fraction of sp³-hybridized carbons (Fsp3) is 0.286. The van der Waals surface area contributed by atoms with E-state index in [0.29, 0.717) is 11.5 Å². The standard InChI is InChI=1S/C14H12N2OS/c15-7-11-10(14-2-1-5-17-14)6-12(9-3-4-9)16-13(11)8-18/h1-2,5-6,8-9,13,16H,3-4H2. The lowest BCUT2D eigenvalue weighted by molar-refractivity contribution is 0.552. The molecule has 0 radical (unpaired) electrons. The third-order valence-corrected chi connectivity index (χ3v) is 3.56. The zero-order valence-electron chi connectivity index (χ0n) is 9.72. The van der Waals surface area contributed by atoms with Gasteiger partial charge in [-0.05, 0) is 37.0 Å². The molecule has 3 rings (SSSR count). The van der Waals surface area contributed by atoms with Crippen molar-refractivity contribution in [1.82, 2.24) is 5.32 Å². The SMILES string of the molecule is N#CC1=C(c2ccco2)C=C(C2CC2)NC1C=S. The summed E-state index contributed by atoms with van der Waals surface area (Å²) in [4.78, 5) is 0. The van der Waals surface area contributed by atoms with Crippen LogP contribution in [0.5, 0.6) is 0 Å². The topological polar surface area (TPSA) is 49.0 Å². The Balaban J connectivity index is 2.10. The number of allylic oxidation sites excluding steroid dienone is 3.